The molecule has 2 amide bonds. The Bertz CT molecular complexity index is 691. The molecule has 1 aromatic carbocycles. The molecule has 166 valence electrons. The number of piperidine rings is 2. The summed E-state index contributed by atoms with van der Waals surface area (Å²) in [6.45, 7) is 10.4. The number of hydrogen-bond donors (Lipinski definition) is 0. The van der Waals surface area contributed by atoms with Gasteiger partial charge in [-0.1, -0.05) is 20.8 Å². The third-order valence-electron chi connectivity index (χ3n) is 6.82. The molecular formula is C25H38N2O3. The molecule has 3 rings (SSSR count). The van der Waals surface area contributed by atoms with Crippen LogP contribution in [0.2, 0.25) is 0 Å². The van der Waals surface area contributed by atoms with Gasteiger partial charge in [0.2, 0.25) is 5.91 Å². The van der Waals surface area contributed by atoms with Gasteiger partial charge in [0.1, 0.15) is 5.75 Å². The normalized spacial score (nSPS) is 20.5. The Hall–Kier alpha value is -2.04. The number of nitrogens with zero attached hydrogens (tertiary/aromatic N) is 2. The van der Waals surface area contributed by atoms with Gasteiger partial charge in [-0.05, 0) is 68.7 Å². The third kappa shape index (κ3) is 5.77. The molecule has 0 saturated carbocycles. The van der Waals surface area contributed by atoms with E-state index in [9.17, 15) is 9.59 Å². The van der Waals surface area contributed by atoms with E-state index in [1.807, 2.05) is 34.1 Å². The first-order chi connectivity index (χ1) is 14.5. The molecule has 5 nitrogen and oxygen atoms in total. The number of ether oxygens (including phenoxy) is 1. The lowest BCUT2D eigenvalue weighted by atomic mass is 9.95. The van der Waals surface area contributed by atoms with Gasteiger partial charge in [0.25, 0.3) is 5.91 Å². The Morgan fingerprint density at radius 1 is 1.00 bits per heavy atom. The van der Waals surface area contributed by atoms with E-state index in [-0.39, 0.29) is 11.8 Å². The zero-order chi connectivity index (χ0) is 21.5. The molecule has 30 heavy (non-hydrogen) atoms. The minimum Gasteiger partial charge on any atom is -0.493 e. The molecule has 2 saturated heterocycles. The number of rotatable bonds is 7. The second-order valence-electron chi connectivity index (χ2n) is 9.12. The first kappa shape index (κ1) is 22.6. The second-order valence-corrected chi connectivity index (χ2v) is 9.12. The molecule has 0 aromatic heterocycles. The maximum absolute atomic E-state index is 12.7. The quantitative estimate of drug-likeness (QED) is 0.654. The highest BCUT2D eigenvalue weighted by molar-refractivity contribution is 5.94. The Labute approximate surface area is 181 Å². The van der Waals surface area contributed by atoms with E-state index >= 15 is 0 Å². The first-order valence-electron chi connectivity index (χ1n) is 11.8. The Kier molecular flexibility index (Phi) is 8.17. The van der Waals surface area contributed by atoms with Crippen molar-refractivity contribution >= 4 is 11.8 Å². The highest BCUT2D eigenvalue weighted by Crippen LogP contribution is 2.23. The van der Waals surface area contributed by atoms with Crippen LogP contribution in [0, 0.1) is 17.8 Å². The van der Waals surface area contributed by atoms with Gasteiger partial charge in [-0.25, -0.2) is 0 Å². The number of benzene rings is 1. The van der Waals surface area contributed by atoms with Crippen molar-refractivity contribution < 1.29 is 14.3 Å². The van der Waals surface area contributed by atoms with E-state index in [0.717, 1.165) is 76.0 Å². The summed E-state index contributed by atoms with van der Waals surface area (Å²) in [4.78, 5) is 29.4. The summed E-state index contributed by atoms with van der Waals surface area (Å²) in [6.07, 6.45) is 6.14. The van der Waals surface area contributed by atoms with Gasteiger partial charge >= 0.3 is 0 Å². The van der Waals surface area contributed by atoms with E-state index < -0.39 is 0 Å². The molecule has 1 atom stereocenters. The lowest BCUT2D eigenvalue weighted by Crippen LogP contribution is -2.44. The lowest BCUT2D eigenvalue weighted by molar-refractivity contribution is -0.137. The van der Waals surface area contributed by atoms with Crippen LogP contribution in [0.1, 0.15) is 69.7 Å². The molecule has 1 aromatic rings. The van der Waals surface area contributed by atoms with Gasteiger partial charge in [0.05, 0.1) is 6.61 Å². The smallest absolute Gasteiger partial charge is 0.253 e. The van der Waals surface area contributed by atoms with E-state index in [4.69, 9.17) is 4.74 Å². The van der Waals surface area contributed by atoms with Crippen molar-refractivity contribution in [3.8, 4) is 5.75 Å². The average molecular weight is 415 g/mol. The van der Waals surface area contributed by atoms with E-state index in [1.165, 1.54) is 0 Å². The molecule has 0 spiro atoms. The summed E-state index contributed by atoms with van der Waals surface area (Å²) >= 11 is 0. The summed E-state index contributed by atoms with van der Waals surface area (Å²) in [5.74, 6) is 2.45. The van der Waals surface area contributed by atoms with Crippen LogP contribution in [-0.4, -0.2) is 54.4 Å². The molecular weight excluding hydrogens is 376 g/mol. The molecule has 0 aliphatic carbocycles. The maximum atomic E-state index is 12.7. The van der Waals surface area contributed by atoms with Crippen LogP contribution in [0.25, 0.3) is 0 Å². The third-order valence-corrected chi connectivity index (χ3v) is 6.82. The van der Waals surface area contributed by atoms with Gasteiger partial charge < -0.3 is 14.5 Å². The molecule has 0 radical (unpaired) electrons. The SMILES string of the molecule is CCC(CC)C(=O)N1CCC[C@@H](COc2ccc(C(=O)N3CCC(C)CC3)cc2)C1. The van der Waals surface area contributed by atoms with Crippen LogP contribution < -0.4 is 4.74 Å². The predicted octanol–water partition coefficient (Wildman–Crippen LogP) is 4.61. The van der Waals surface area contributed by atoms with Crippen molar-refractivity contribution in [2.24, 2.45) is 17.8 Å². The molecule has 2 fully saturated rings. The summed E-state index contributed by atoms with van der Waals surface area (Å²) in [5.41, 5.74) is 0.733. The highest BCUT2D eigenvalue weighted by Gasteiger charge is 2.27. The maximum Gasteiger partial charge on any atom is 0.253 e. The minimum atomic E-state index is 0.122. The average Bonchev–Trinajstić information content (AvgIpc) is 2.79. The number of hydrogen-bond acceptors (Lipinski definition) is 3. The summed E-state index contributed by atoms with van der Waals surface area (Å²) in [7, 11) is 0. The summed E-state index contributed by atoms with van der Waals surface area (Å²) < 4.78 is 6.02. The summed E-state index contributed by atoms with van der Waals surface area (Å²) in [5, 5.41) is 0. The number of amides is 2. The van der Waals surface area contributed by atoms with Crippen molar-refractivity contribution in [3.05, 3.63) is 29.8 Å². The first-order valence-corrected chi connectivity index (χ1v) is 11.8. The minimum absolute atomic E-state index is 0.122. The predicted molar refractivity (Wildman–Crippen MR) is 120 cm³/mol. The van der Waals surface area contributed by atoms with Gasteiger partial charge in [-0.2, -0.15) is 0 Å². The molecule has 0 bridgehead atoms. The van der Waals surface area contributed by atoms with Crippen molar-refractivity contribution in [2.75, 3.05) is 32.8 Å². The van der Waals surface area contributed by atoms with Crippen LogP contribution in [0.4, 0.5) is 0 Å². The van der Waals surface area contributed by atoms with Gasteiger partial charge in [0, 0.05) is 43.6 Å². The largest absolute Gasteiger partial charge is 0.493 e. The molecule has 0 unspecified atom stereocenters. The van der Waals surface area contributed by atoms with E-state index in [0.29, 0.717) is 24.3 Å². The molecule has 2 heterocycles. The highest BCUT2D eigenvalue weighted by atomic mass is 16.5. The fraction of sp³-hybridized carbons (Fsp3) is 0.680. The monoisotopic (exact) mass is 414 g/mol. The van der Waals surface area contributed by atoms with Crippen LogP contribution in [-0.2, 0) is 4.79 Å². The van der Waals surface area contributed by atoms with Crippen molar-refractivity contribution in [3.63, 3.8) is 0 Å². The van der Waals surface area contributed by atoms with E-state index in [2.05, 4.69) is 20.8 Å². The zero-order valence-corrected chi connectivity index (χ0v) is 18.9. The van der Waals surface area contributed by atoms with Crippen molar-refractivity contribution in [1.29, 1.82) is 0 Å². The number of carbonyl (C=O) groups is 2. The fourth-order valence-electron chi connectivity index (χ4n) is 4.60. The van der Waals surface area contributed by atoms with Gasteiger partial charge in [-0.3, -0.25) is 9.59 Å². The lowest BCUT2D eigenvalue weighted by Gasteiger charge is -2.34. The van der Waals surface area contributed by atoms with Crippen LogP contribution in [0.15, 0.2) is 24.3 Å². The Balaban J connectivity index is 1.49. The standard InChI is InChI=1S/C25H38N2O3/c1-4-21(5-2)24(28)27-14-6-7-20(17-27)18-30-23-10-8-22(9-11-23)25(29)26-15-12-19(3)13-16-26/h8-11,19-21H,4-7,12-18H2,1-3H3/t20-/m1/s1. The van der Waals surface area contributed by atoms with Crippen LogP contribution >= 0.6 is 0 Å². The van der Waals surface area contributed by atoms with Crippen LogP contribution in [0.3, 0.4) is 0 Å². The summed E-state index contributed by atoms with van der Waals surface area (Å²) in [6, 6.07) is 7.55. The molecule has 2 aliphatic heterocycles. The molecule has 2 aliphatic rings. The van der Waals surface area contributed by atoms with Gasteiger partial charge in [0.15, 0.2) is 0 Å². The van der Waals surface area contributed by atoms with Gasteiger partial charge in [-0.15, -0.1) is 0 Å². The van der Waals surface area contributed by atoms with Crippen LogP contribution in [0.5, 0.6) is 5.75 Å². The van der Waals surface area contributed by atoms with E-state index in [1.54, 1.807) is 0 Å². The molecule has 5 heteroatoms. The van der Waals surface area contributed by atoms with Crippen molar-refractivity contribution in [1.82, 2.24) is 9.80 Å². The number of likely N-dealkylation sites (tertiary alicyclic amines) is 2. The second kappa shape index (κ2) is 10.8. The topological polar surface area (TPSA) is 49.9 Å². The Morgan fingerprint density at radius 3 is 2.30 bits per heavy atom. The van der Waals surface area contributed by atoms with Crippen molar-refractivity contribution in [2.45, 2.75) is 59.3 Å². The molecule has 0 N–H and O–H groups in total. The number of carbonyl (C=O) groups excluding carboxylic acids is 2. The fourth-order valence-corrected chi connectivity index (χ4v) is 4.60. The Morgan fingerprint density at radius 2 is 1.67 bits per heavy atom. The zero-order valence-electron chi connectivity index (χ0n) is 18.9.